The van der Waals surface area contributed by atoms with Crippen molar-refractivity contribution in [3.05, 3.63) is 35.4 Å². The summed E-state index contributed by atoms with van der Waals surface area (Å²) in [5, 5.41) is 10.7. The molecule has 2 rings (SSSR count). The zero-order valence-corrected chi connectivity index (χ0v) is 11.4. The molecule has 0 amide bonds. The van der Waals surface area contributed by atoms with Gasteiger partial charge in [0.2, 0.25) is 0 Å². The Morgan fingerprint density at radius 1 is 1.29 bits per heavy atom. The molecule has 0 bridgehead atoms. The number of thioether (sulfide) groups is 1. The normalized spacial score (nSPS) is 22.4. The summed E-state index contributed by atoms with van der Waals surface area (Å²) in [6.07, 6.45) is 5.76. The number of aliphatic hydroxyl groups excluding tert-OH is 1. The number of hydrogen-bond acceptors (Lipinski definition) is 2. The third-order valence-electron chi connectivity index (χ3n) is 3.43. The third-order valence-corrected chi connectivity index (χ3v) is 4.87. The number of hydrogen-bond donors (Lipinski definition) is 1. The van der Waals surface area contributed by atoms with Crippen LogP contribution in [0.25, 0.3) is 0 Å². The summed E-state index contributed by atoms with van der Waals surface area (Å²) >= 11 is 1.93. The van der Waals surface area contributed by atoms with Gasteiger partial charge in [0.05, 0.1) is 6.10 Å². The molecule has 1 fully saturated rings. The van der Waals surface area contributed by atoms with E-state index in [1.165, 1.54) is 30.6 Å². The highest BCUT2D eigenvalue weighted by atomic mass is 32.2. The van der Waals surface area contributed by atoms with Gasteiger partial charge in [0, 0.05) is 5.25 Å². The molecule has 0 radical (unpaired) electrons. The van der Waals surface area contributed by atoms with Gasteiger partial charge in [-0.1, -0.05) is 44.0 Å². The second kappa shape index (κ2) is 6.46. The summed E-state index contributed by atoms with van der Waals surface area (Å²) in [5.74, 6) is 1.20. The van der Waals surface area contributed by atoms with Crippen LogP contribution in [0.1, 0.15) is 49.8 Å². The predicted octanol–water partition coefficient (Wildman–Crippen LogP) is 3.96. The molecule has 1 aliphatic heterocycles. The molecular weight excluding hydrogens is 228 g/mol. The first-order valence-electron chi connectivity index (χ1n) is 6.69. The van der Waals surface area contributed by atoms with Gasteiger partial charge in [0.25, 0.3) is 0 Å². The Kier molecular flexibility index (Phi) is 4.93. The highest BCUT2D eigenvalue weighted by molar-refractivity contribution is 7.99. The van der Waals surface area contributed by atoms with E-state index in [4.69, 9.17) is 0 Å². The van der Waals surface area contributed by atoms with Gasteiger partial charge in [-0.25, -0.2) is 0 Å². The topological polar surface area (TPSA) is 20.2 Å². The van der Waals surface area contributed by atoms with Gasteiger partial charge in [0.15, 0.2) is 0 Å². The fraction of sp³-hybridized carbons (Fsp3) is 0.600. The fourth-order valence-electron chi connectivity index (χ4n) is 2.40. The van der Waals surface area contributed by atoms with Gasteiger partial charge in [-0.05, 0) is 36.1 Å². The lowest BCUT2D eigenvalue weighted by Crippen LogP contribution is -2.18. The van der Waals surface area contributed by atoms with Gasteiger partial charge in [-0.2, -0.15) is 11.8 Å². The van der Waals surface area contributed by atoms with E-state index >= 15 is 0 Å². The lowest BCUT2D eigenvalue weighted by Gasteiger charge is -2.26. The molecule has 0 aromatic heterocycles. The minimum atomic E-state index is -0.282. The second-order valence-corrected chi connectivity index (χ2v) is 6.19. The Hall–Kier alpha value is -0.470. The molecule has 1 aliphatic rings. The van der Waals surface area contributed by atoms with Crippen LogP contribution in [0, 0.1) is 0 Å². The Balaban J connectivity index is 2.00. The van der Waals surface area contributed by atoms with Crippen LogP contribution in [0.5, 0.6) is 0 Å². The maximum Gasteiger partial charge on any atom is 0.0908 e. The number of aryl methyl sites for hydroxylation is 1. The number of aliphatic hydroxyl groups is 1. The van der Waals surface area contributed by atoms with Crippen molar-refractivity contribution in [1.82, 2.24) is 0 Å². The summed E-state index contributed by atoms with van der Waals surface area (Å²) in [5.41, 5.74) is 2.46. The highest BCUT2D eigenvalue weighted by Gasteiger charge is 2.23. The molecule has 2 heteroatoms. The van der Waals surface area contributed by atoms with Crippen LogP contribution in [0.4, 0.5) is 0 Å². The van der Waals surface area contributed by atoms with Crippen LogP contribution in [0.2, 0.25) is 0 Å². The van der Waals surface area contributed by atoms with E-state index in [9.17, 15) is 5.11 Å². The molecule has 1 N–H and O–H groups in total. The summed E-state index contributed by atoms with van der Waals surface area (Å²) in [6.45, 7) is 2.20. The van der Waals surface area contributed by atoms with Gasteiger partial charge >= 0.3 is 0 Å². The third kappa shape index (κ3) is 3.49. The zero-order valence-electron chi connectivity index (χ0n) is 10.6. The summed E-state index contributed by atoms with van der Waals surface area (Å²) in [4.78, 5) is 0. The zero-order chi connectivity index (χ0) is 12.1. The van der Waals surface area contributed by atoms with Crippen molar-refractivity contribution in [2.75, 3.05) is 5.75 Å². The van der Waals surface area contributed by atoms with Gasteiger partial charge in [-0.15, -0.1) is 0 Å². The molecular formula is C15H22OS. The molecule has 17 heavy (non-hydrogen) atoms. The maximum atomic E-state index is 10.3. The number of rotatable bonds is 4. The van der Waals surface area contributed by atoms with Crippen LogP contribution < -0.4 is 0 Å². The molecule has 0 aliphatic carbocycles. The van der Waals surface area contributed by atoms with Crippen molar-refractivity contribution < 1.29 is 5.11 Å². The first kappa shape index (κ1) is 13.0. The maximum absolute atomic E-state index is 10.3. The van der Waals surface area contributed by atoms with E-state index in [2.05, 4.69) is 31.2 Å². The molecule has 2 unspecified atom stereocenters. The van der Waals surface area contributed by atoms with Crippen LogP contribution >= 0.6 is 11.8 Å². The molecule has 1 saturated heterocycles. The van der Waals surface area contributed by atoms with Crippen molar-refractivity contribution in [3.63, 3.8) is 0 Å². The summed E-state index contributed by atoms with van der Waals surface area (Å²) in [7, 11) is 0. The Morgan fingerprint density at radius 3 is 2.65 bits per heavy atom. The monoisotopic (exact) mass is 250 g/mol. The number of benzene rings is 1. The molecule has 1 aromatic rings. The van der Waals surface area contributed by atoms with Gasteiger partial charge in [-0.3, -0.25) is 0 Å². The molecule has 94 valence electrons. The van der Waals surface area contributed by atoms with Crippen LogP contribution in [-0.4, -0.2) is 16.1 Å². The Labute approximate surface area is 109 Å². The molecule has 1 heterocycles. The average molecular weight is 250 g/mol. The quantitative estimate of drug-likeness (QED) is 0.873. The summed E-state index contributed by atoms with van der Waals surface area (Å²) < 4.78 is 0. The largest absolute Gasteiger partial charge is 0.387 e. The van der Waals surface area contributed by atoms with E-state index in [1.54, 1.807) is 0 Å². The molecule has 1 nitrogen and oxygen atoms in total. The van der Waals surface area contributed by atoms with Gasteiger partial charge in [0.1, 0.15) is 0 Å². The van der Waals surface area contributed by atoms with Crippen LogP contribution in [0.3, 0.4) is 0 Å². The molecule has 0 saturated carbocycles. The van der Waals surface area contributed by atoms with Crippen molar-refractivity contribution in [3.8, 4) is 0 Å². The minimum absolute atomic E-state index is 0.282. The average Bonchev–Trinajstić information content (AvgIpc) is 2.40. The Bertz CT molecular complexity index is 327. The van der Waals surface area contributed by atoms with E-state index < -0.39 is 0 Å². The van der Waals surface area contributed by atoms with E-state index in [0.717, 1.165) is 18.4 Å². The predicted molar refractivity (Wildman–Crippen MR) is 75.5 cm³/mol. The SMILES string of the molecule is CCCc1ccc(C(O)C2CCCCS2)cc1. The second-order valence-electron chi connectivity index (χ2n) is 4.84. The fourth-order valence-corrected chi connectivity index (χ4v) is 3.75. The first-order chi connectivity index (χ1) is 8.31. The standard InChI is InChI=1S/C15H22OS/c1-2-5-12-7-9-13(10-8-12)15(16)14-6-3-4-11-17-14/h7-10,14-16H,2-6,11H2,1H3. The molecule has 1 aromatic carbocycles. The smallest absolute Gasteiger partial charge is 0.0908 e. The lowest BCUT2D eigenvalue weighted by atomic mass is 10.00. The molecule has 0 spiro atoms. The van der Waals surface area contributed by atoms with Crippen LogP contribution in [0.15, 0.2) is 24.3 Å². The van der Waals surface area contributed by atoms with E-state index in [0.29, 0.717) is 5.25 Å². The lowest BCUT2D eigenvalue weighted by molar-refractivity contribution is 0.169. The highest BCUT2D eigenvalue weighted by Crippen LogP contribution is 2.34. The van der Waals surface area contributed by atoms with E-state index in [-0.39, 0.29) is 6.10 Å². The van der Waals surface area contributed by atoms with Crippen molar-refractivity contribution >= 4 is 11.8 Å². The molecule has 2 atom stereocenters. The van der Waals surface area contributed by atoms with Crippen molar-refractivity contribution in [1.29, 1.82) is 0 Å². The minimum Gasteiger partial charge on any atom is -0.387 e. The Morgan fingerprint density at radius 2 is 2.06 bits per heavy atom. The van der Waals surface area contributed by atoms with E-state index in [1.807, 2.05) is 11.8 Å². The first-order valence-corrected chi connectivity index (χ1v) is 7.74. The summed E-state index contributed by atoms with van der Waals surface area (Å²) in [6, 6.07) is 8.53. The van der Waals surface area contributed by atoms with Crippen LogP contribution in [-0.2, 0) is 6.42 Å². The van der Waals surface area contributed by atoms with Crippen molar-refractivity contribution in [2.24, 2.45) is 0 Å². The van der Waals surface area contributed by atoms with Gasteiger partial charge < -0.3 is 5.11 Å². The van der Waals surface area contributed by atoms with Crippen molar-refractivity contribution in [2.45, 2.75) is 50.4 Å².